The van der Waals surface area contributed by atoms with Crippen molar-refractivity contribution < 1.29 is 4.42 Å². The Morgan fingerprint density at radius 3 is 1.73 bits per heavy atom. The molecule has 3 heteroatoms. The second kappa shape index (κ2) is 12.6. The second-order valence-electron chi connectivity index (χ2n) is 14.1. The van der Waals surface area contributed by atoms with Crippen LogP contribution >= 0.6 is 0 Å². The first-order valence-electron chi connectivity index (χ1n) is 18.8. The van der Waals surface area contributed by atoms with Gasteiger partial charge >= 0.3 is 0 Å². The summed E-state index contributed by atoms with van der Waals surface area (Å²) in [6.45, 7) is 0. The molecule has 0 amide bonds. The second-order valence-corrected chi connectivity index (χ2v) is 14.1. The number of benzene rings is 9. The van der Waals surface area contributed by atoms with Gasteiger partial charge in [-0.3, -0.25) is 0 Å². The van der Waals surface area contributed by atoms with Crippen molar-refractivity contribution in [3.63, 3.8) is 0 Å². The maximum atomic E-state index is 6.58. The summed E-state index contributed by atoms with van der Waals surface area (Å²) in [6, 6.07) is 74.0. The average molecular weight is 703 g/mol. The van der Waals surface area contributed by atoms with Crippen molar-refractivity contribution in [3.05, 3.63) is 206 Å². The first-order chi connectivity index (χ1) is 27.3. The van der Waals surface area contributed by atoms with Crippen molar-refractivity contribution in [3.8, 4) is 27.9 Å². The van der Waals surface area contributed by atoms with Gasteiger partial charge in [0.2, 0.25) is 0 Å². The van der Waals surface area contributed by atoms with E-state index in [1.807, 2.05) is 0 Å². The summed E-state index contributed by atoms with van der Waals surface area (Å²) in [7, 11) is 0. The fraction of sp³-hybridized carbons (Fsp3) is 0. The minimum Gasteiger partial charge on any atom is -0.456 e. The van der Waals surface area contributed by atoms with Gasteiger partial charge in [-0.05, 0) is 82.6 Å². The van der Waals surface area contributed by atoms with Crippen LogP contribution in [0.4, 0.5) is 17.1 Å². The quantitative estimate of drug-likeness (QED) is 0.172. The molecule has 0 saturated heterocycles. The van der Waals surface area contributed by atoms with E-state index in [4.69, 9.17) is 4.42 Å². The van der Waals surface area contributed by atoms with Crippen molar-refractivity contribution in [2.45, 2.75) is 0 Å². The van der Waals surface area contributed by atoms with Crippen LogP contribution in [0.15, 0.2) is 211 Å². The number of hydrogen-bond donors (Lipinski definition) is 0. The standard InChI is InChI=1S/C52H34N2O/c1-2-16-35(17-3-1)40-22-6-10-27-46(40)53(38-20-14-21-39(34-38)54-47-28-11-7-23-41(47)42-24-8-12-29-48(42)54)49-30-13-9-25-43(49)44-26-15-31-50-52(44)45-32-36-18-4-5-19-37(36)33-51(45)55-50/h1-34H. The van der Waals surface area contributed by atoms with E-state index in [1.165, 1.54) is 32.6 Å². The molecule has 0 unspecified atom stereocenters. The molecule has 0 aliphatic heterocycles. The van der Waals surface area contributed by atoms with Crippen LogP contribution in [0, 0.1) is 0 Å². The largest absolute Gasteiger partial charge is 0.456 e. The molecule has 0 aliphatic carbocycles. The number of nitrogens with zero attached hydrogens (tertiary/aromatic N) is 2. The molecule has 0 fully saturated rings. The zero-order valence-corrected chi connectivity index (χ0v) is 29.9. The van der Waals surface area contributed by atoms with Crippen molar-refractivity contribution in [2.24, 2.45) is 0 Å². The van der Waals surface area contributed by atoms with Gasteiger partial charge in [-0.25, -0.2) is 0 Å². The Balaban J connectivity index is 1.19. The van der Waals surface area contributed by atoms with Crippen LogP contribution in [0.2, 0.25) is 0 Å². The van der Waals surface area contributed by atoms with Gasteiger partial charge in [0.1, 0.15) is 11.2 Å². The number of hydrogen-bond acceptors (Lipinski definition) is 2. The molecule has 0 atom stereocenters. The minimum absolute atomic E-state index is 0.877. The lowest BCUT2D eigenvalue weighted by molar-refractivity contribution is 0.669. The Kier molecular flexibility index (Phi) is 7.17. The molecule has 2 aromatic heterocycles. The highest BCUT2D eigenvalue weighted by Crippen LogP contribution is 2.48. The van der Waals surface area contributed by atoms with Crippen molar-refractivity contribution in [1.82, 2.24) is 4.57 Å². The summed E-state index contributed by atoms with van der Waals surface area (Å²) in [5, 5.41) is 7.08. The lowest BCUT2D eigenvalue weighted by Gasteiger charge is -2.30. The van der Waals surface area contributed by atoms with Crippen molar-refractivity contribution >= 4 is 71.6 Å². The van der Waals surface area contributed by atoms with Gasteiger partial charge in [-0.15, -0.1) is 0 Å². The van der Waals surface area contributed by atoms with E-state index in [-0.39, 0.29) is 0 Å². The first-order valence-corrected chi connectivity index (χ1v) is 18.8. The number of aromatic nitrogens is 1. The molecule has 0 saturated carbocycles. The average Bonchev–Trinajstić information content (AvgIpc) is 3.79. The van der Waals surface area contributed by atoms with Gasteiger partial charge in [-0.1, -0.05) is 146 Å². The van der Waals surface area contributed by atoms with Crippen molar-refractivity contribution in [1.29, 1.82) is 0 Å². The van der Waals surface area contributed by atoms with Gasteiger partial charge in [0, 0.05) is 44.0 Å². The van der Waals surface area contributed by atoms with Crippen LogP contribution in [0.3, 0.4) is 0 Å². The number of rotatable bonds is 6. The van der Waals surface area contributed by atoms with Gasteiger partial charge in [0.15, 0.2) is 0 Å². The lowest BCUT2D eigenvalue weighted by Crippen LogP contribution is -2.13. The smallest absolute Gasteiger partial charge is 0.136 e. The number of furan rings is 1. The molecule has 0 radical (unpaired) electrons. The van der Waals surface area contributed by atoms with Gasteiger partial charge in [0.25, 0.3) is 0 Å². The maximum absolute atomic E-state index is 6.58. The normalized spacial score (nSPS) is 11.6. The molecule has 0 N–H and O–H groups in total. The molecular weight excluding hydrogens is 669 g/mol. The third-order valence-electron chi connectivity index (χ3n) is 11.0. The third kappa shape index (κ3) is 5.05. The highest BCUT2D eigenvalue weighted by atomic mass is 16.3. The minimum atomic E-state index is 0.877. The van der Waals surface area contributed by atoms with Gasteiger partial charge in [-0.2, -0.15) is 0 Å². The Hall–Kier alpha value is -7.36. The van der Waals surface area contributed by atoms with E-state index in [1.54, 1.807) is 0 Å². The Morgan fingerprint density at radius 1 is 0.382 bits per heavy atom. The van der Waals surface area contributed by atoms with Crippen LogP contribution in [-0.2, 0) is 0 Å². The summed E-state index contributed by atoms with van der Waals surface area (Å²) < 4.78 is 8.97. The molecule has 3 nitrogen and oxygen atoms in total. The summed E-state index contributed by atoms with van der Waals surface area (Å²) in [5.74, 6) is 0. The van der Waals surface area contributed by atoms with Gasteiger partial charge in [0.05, 0.1) is 22.4 Å². The zero-order chi connectivity index (χ0) is 36.3. The van der Waals surface area contributed by atoms with E-state index >= 15 is 0 Å². The van der Waals surface area contributed by atoms with E-state index in [0.29, 0.717) is 0 Å². The van der Waals surface area contributed by atoms with E-state index in [2.05, 4.69) is 216 Å². The Bertz CT molecular complexity index is 3170. The molecule has 0 aliphatic rings. The van der Waals surface area contributed by atoms with E-state index in [9.17, 15) is 0 Å². The monoisotopic (exact) mass is 702 g/mol. The predicted octanol–water partition coefficient (Wildman–Crippen LogP) is 14.6. The van der Waals surface area contributed by atoms with Gasteiger partial charge < -0.3 is 13.9 Å². The highest BCUT2D eigenvalue weighted by Gasteiger charge is 2.23. The Morgan fingerprint density at radius 2 is 0.964 bits per heavy atom. The summed E-state index contributed by atoms with van der Waals surface area (Å²) in [4.78, 5) is 2.44. The maximum Gasteiger partial charge on any atom is 0.136 e. The first kappa shape index (κ1) is 31.2. The molecule has 55 heavy (non-hydrogen) atoms. The van der Waals surface area contributed by atoms with E-state index in [0.717, 1.165) is 66.9 Å². The molecule has 2 heterocycles. The molecule has 11 rings (SSSR count). The van der Waals surface area contributed by atoms with Crippen LogP contribution in [0.25, 0.3) is 82.5 Å². The SMILES string of the molecule is c1ccc(-c2ccccc2N(c2cccc(-n3c4ccccc4c4ccccc43)c2)c2ccccc2-c2cccc3oc4cc5ccccc5cc4c23)cc1. The Labute approximate surface area is 318 Å². The van der Waals surface area contributed by atoms with Crippen LogP contribution < -0.4 is 4.90 Å². The third-order valence-corrected chi connectivity index (χ3v) is 11.0. The molecule has 0 bridgehead atoms. The molecule has 258 valence electrons. The van der Waals surface area contributed by atoms with Crippen LogP contribution in [0.1, 0.15) is 0 Å². The molecule has 9 aromatic carbocycles. The van der Waals surface area contributed by atoms with Crippen LogP contribution in [0.5, 0.6) is 0 Å². The zero-order valence-electron chi connectivity index (χ0n) is 29.9. The van der Waals surface area contributed by atoms with Crippen molar-refractivity contribution in [2.75, 3.05) is 4.90 Å². The summed E-state index contributed by atoms with van der Waals surface area (Å²) in [5.41, 5.74) is 13.0. The number of fused-ring (bicyclic) bond motifs is 7. The molecular formula is C52H34N2O. The fourth-order valence-corrected chi connectivity index (χ4v) is 8.54. The topological polar surface area (TPSA) is 21.3 Å². The van der Waals surface area contributed by atoms with Crippen LogP contribution in [-0.4, -0.2) is 4.57 Å². The lowest BCUT2D eigenvalue weighted by atomic mass is 9.95. The summed E-state index contributed by atoms with van der Waals surface area (Å²) >= 11 is 0. The highest BCUT2D eigenvalue weighted by molar-refractivity contribution is 6.17. The molecule has 11 aromatic rings. The molecule has 0 spiro atoms. The predicted molar refractivity (Wildman–Crippen MR) is 231 cm³/mol. The number of para-hydroxylation sites is 4. The summed E-state index contributed by atoms with van der Waals surface area (Å²) in [6.07, 6.45) is 0. The van der Waals surface area contributed by atoms with E-state index < -0.39 is 0 Å². The number of anilines is 3. The fourth-order valence-electron chi connectivity index (χ4n) is 8.54.